The first-order chi connectivity index (χ1) is 36.7. The summed E-state index contributed by atoms with van der Waals surface area (Å²) in [5.74, 6) is -17.3. The number of aliphatic hydroxyl groups is 1. The third-order valence-electron chi connectivity index (χ3n) is 12.0. The Bertz CT molecular complexity index is 2550. The van der Waals surface area contributed by atoms with Crippen molar-refractivity contribution in [2.24, 2.45) is 11.5 Å². The van der Waals surface area contributed by atoms with Gasteiger partial charge in [0.2, 0.25) is 59.1 Å². The van der Waals surface area contributed by atoms with Crippen LogP contribution in [-0.4, -0.2) is 181 Å². The van der Waals surface area contributed by atoms with Crippen molar-refractivity contribution in [3.05, 3.63) is 36.0 Å². The van der Waals surface area contributed by atoms with E-state index in [-0.39, 0.29) is 38.6 Å². The van der Waals surface area contributed by atoms with Crippen molar-refractivity contribution in [3.63, 3.8) is 0 Å². The minimum atomic E-state index is -2.04. The topological polar surface area (TPSA) is 516 Å². The Morgan fingerprint density at radius 3 is 1.58 bits per heavy atom. The number of hydrogen-bond acceptors (Lipinski definition) is 16. The van der Waals surface area contributed by atoms with Crippen molar-refractivity contribution in [1.82, 2.24) is 52.8 Å². The predicted octanol–water partition coefficient (Wildman–Crippen LogP) is -5.44. The van der Waals surface area contributed by atoms with Crippen molar-refractivity contribution in [2.45, 2.75) is 145 Å². The van der Waals surface area contributed by atoms with Crippen LogP contribution in [0.5, 0.6) is 0 Å². The van der Waals surface area contributed by atoms with Gasteiger partial charge in [0.15, 0.2) is 0 Å². The summed E-state index contributed by atoms with van der Waals surface area (Å²) in [6, 6.07) is -7.11. The zero-order valence-corrected chi connectivity index (χ0v) is 42.3. The fraction of sp³-hybridized carbons (Fsp3) is 0.532. The number of benzene rings is 1. The third-order valence-corrected chi connectivity index (χ3v) is 12.0. The van der Waals surface area contributed by atoms with Gasteiger partial charge in [-0.05, 0) is 63.5 Å². The molecule has 3 rings (SSSR count). The molecular weight excluding hydrogens is 1040 g/mol. The second-order valence-electron chi connectivity index (χ2n) is 18.2. The van der Waals surface area contributed by atoms with E-state index in [1.807, 2.05) is 0 Å². The Kier molecular flexibility index (Phi) is 25.5. The summed E-state index contributed by atoms with van der Waals surface area (Å²) in [4.78, 5) is 185. The van der Waals surface area contributed by atoms with E-state index in [0.717, 1.165) is 6.92 Å². The minimum absolute atomic E-state index is 0.0568. The van der Waals surface area contributed by atoms with Gasteiger partial charge in [-0.2, -0.15) is 0 Å². The smallest absolute Gasteiger partial charge is 0.305 e. The standard InChI is InChI=1S/C47H66N12O19/c1-22(60)39-47(78)52-21-34(62)53-28(10-14-35(63)64)42(73)54-27(9-13-33(49)61)41(72)50-17-5-4-7-25(48)40(71)57-31(18-23-20-51-26-8-3-2-6-24(23)26)45(76)58-32(19-38(69)70)46(77)56-29(11-15-36(65)66)43(74)55-30(44(75)59-39)12-16-37(67)68/h2-3,6,8,20,22,25,27-32,39,51,60H,4-5,7,9-19,21,48H2,1H3,(H2,49,61)(H,50,72)(H,52,78)(H,53,62)(H,54,73)(H,55,74)(H,56,77)(H,57,71)(H,58,76)(H,59,75)(H,63,64)(H,65,66)(H,67,68)(H,69,70)/t22-,25+,27+,28+,29+,30+,31+,32+,39+/m1/s1. The number of aromatic nitrogens is 1. The van der Waals surface area contributed by atoms with Crippen LogP contribution in [0.25, 0.3) is 10.9 Å². The number of rotatable bonds is 17. The number of fused-ring (bicyclic) bond motifs is 1. The molecule has 0 radical (unpaired) electrons. The normalized spacial score (nSPS) is 23.9. The monoisotopic (exact) mass is 1100 g/mol. The van der Waals surface area contributed by atoms with Gasteiger partial charge in [-0.3, -0.25) is 67.1 Å². The second kappa shape index (κ2) is 31.3. The average molecular weight is 1100 g/mol. The molecule has 19 N–H and O–H groups in total. The van der Waals surface area contributed by atoms with Crippen molar-refractivity contribution in [3.8, 4) is 0 Å². The Labute approximate surface area is 443 Å². The van der Waals surface area contributed by atoms with E-state index in [1.54, 1.807) is 24.3 Å². The predicted molar refractivity (Wildman–Crippen MR) is 266 cm³/mol. The first kappa shape index (κ1) is 63.6. The van der Waals surface area contributed by atoms with Gasteiger partial charge in [0.1, 0.15) is 42.3 Å². The summed E-state index contributed by atoms with van der Waals surface area (Å²) >= 11 is 0. The molecule has 428 valence electrons. The van der Waals surface area contributed by atoms with Gasteiger partial charge in [-0.25, -0.2) is 0 Å². The Hall–Kier alpha value is -8.74. The lowest BCUT2D eigenvalue weighted by molar-refractivity contribution is -0.142. The fourth-order valence-corrected chi connectivity index (χ4v) is 7.78. The maximum atomic E-state index is 14.2. The van der Waals surface area contributed by atoms with Gasteiger partial charge in [-0.15, -0.1) is 0 Å². The van der Waals surface area contributed by atoms with Gasteiger partial charge in [-0.1, -0.05) is 18.2 Å². The number of para-hydroxylation sites is 1. The van der Waals surface area contributed by atoms with E-state index in [0.29, 0.717) is 16.5 Å². The van der Waals surface area contributed by atoms with Gasteiger partial charge >= 0.3 is 23.9 Å². The first-order valence-electron chi connectivity index (χ1n) is 24.6. The van der Waals surface area contributed by atoms with Crippen LogP contribution in [0.1, 0.15) is 89.5 Å². The van der Waals surface area contributed by atoms with Crippen LogP contribution in [0.15, 0.2) is 30.5 Å². The Morgan fingerprint density at radius 1 is 0.564 bits per heavy atom. The number of aromatic amines is 1. The van der Waals surface area contributed by atoms with Gasteiger partial charge in [0.25, 0.3) is 0 Å². The molecule has 1 aromatic heterocycles. The molecule has 0 bridgehead atoms. The molecule has 31 heteroatoms. The molecule has 2 aromatic rings. The first-order valence-corrected chi connectivity index (χ1v) is 24.6. The number of hydrogen-bond donors (Lipinski definition) is 17. The minimum Gasteiger partial charge on any atom is -0.481 e. The number of amides is 10. The van der Waals surface area contributed by atoms with Crippen LogP contribution in [0.3, 0.4) is 0 Å². The van der Waals surface area contributed by atoms with Crippen molar-refractivity contribution < 1.29 is 92.7 Å². The van der Waals surface area contributed by atoms with E-state index in [9.17, 15) is 92.7 Å². The van der Waals surface area contributed by atoms with E-state index in [1.165, 1.54) is 6.20 Å². The Morgan fingerprint density at radius 2 is 1.04 bits per heavy atom. The zero-order valence-electron chi connectivity index (χ0n) is 42.3. The van der Waals surface area contributed by atoms with Crippen LogP contribution in [0.4, 0.5) is 0 Å². The number of carboxylic acids is 4. The number of carbonyl (C=O) groups excluding carboxylic acids is 10. The number of aliphatic hydroxyl groups excluding tert-OH is 1. The van der Waals surface area contributed by atoms with Crippen LogP contribution in [-0.2, 0) is 73.5 Å². The molecule has 2 heterocycles. The summed E-state index contributed by atoms with van der Waals surface area (Å²) in [5.41, 5.74) is 12.6. The molecule has 0 spiro atoms. The van der Waals surface area contributed by atoms with Crippen molar-refractivity contribution in [2.75, 3.05) is 13.1 Å². The van der Waals surface area contributed by atoms with E-state index in [4.69, 9.17) is 11.5 Å². The Balaban J connectivity index is 2.09. The molecule has 78 heavy (non-hydrogen) atoms. The van der Waals surface area contributed by atoms with Gasteiger partial charge in [0, 0.05) is 55.7 Å². The summed E-state index contributed by atoms with van der Waals surface area (Å²) in [5, 5.41) is 69.8. The lowest BCUT2D eigenvalue weighted by Crippen LogP contribution is -2.61. The largest absolute Gasteiger partial charge is 0.481 e. The van der Waals surface area contributed by atoms with E-state index >= 15 is 0 Å². The van der Waals surface area contributed by atoms with Crippen LogP contribution in [0, 0.1) is 0 Å². The number of carboxylic acid groups (broad SMARTS) is 4. The molecule has 1 fully saturated rings. The zero-order chi connectivity index (χ0) is 58.2. The molecule has 10 amide bonds. The lowest BCUT2D eigenvalue weighted by Gasteiger charge is -2.27. The number of carbonyl (C=O) groups is 14. The molecule has 0 aliphatic carbocycles. The van der Waals surface area contributed by atoms with Gasteiger partial charge in [0.05, 0.1) is 25.1 Å². The lowest BCUT2D eigenvalue weighted by atomic mass is 10.0. The molecular formula is C47H66N12O19. The molecule has 1 saturated heterocycles. The number of nitrogens with one attached hydrogen (secondary N) is 10. The molecule has 9 atom stereocenters. The maximum absolute atomic E-state index is 14.2. The summed E-state index contributed by atoms with van der Waals surface area (Å²) < 4.78 is 0. The van der Waals surface area contributed by atoms with E-state index < -0.39 is 195 Å². The third kappa shape index (κ3) is 21.8. The molecule has 0 saturated carbocycles. The summed E-state index contributed by atoms with van der Waals surface area (Å²) in [6.45, 7) is -0.0789. The number of nitrogens with two attached hydrogens (primary N) is 2. The molecule has 1 aromatic carbocycles. The SMILES string of the molecule is C[C@@H](O)[C@@H]1NC(=O)[C@H](CCC(=O)O)NC(=O)[C@H](CCC(=O)O)NC(=O)[C@H](CC(=O)O)NC(=O)[C@H](Cc2c[nH]c3ccccc23)NC(=O)[C@@H](N)CCCCNC(=O)[C@H](CCC(N)=O)NC(=O)[C@H](CCC(=O)O)NC(=O)CNC1=O. The highest BCUT2D eigenvalue weighted by Gasteiger charge is 2.36. The molecule has 31 nitrogen and oxygen atoms in total. The quantitative estimate of drug-likeness (QED) is 0.0703. The van der Waals surface area contributed by atoms with Crippen molar-refractivity contribution in [1.29, 1.82) is 0 Å². The molecule has 0 unspecified atom stereocenters. The van der Waals surface area contributed by atoms with E-state index in [2.05, 4.69) is 52.8 Å². The van der Waals surface area contributed by atoms with Crippen molar-refractivity contribution >= 4 is 93.9 Å². The fourth-order valence-electron chi connectivity index (χ4n) is 7.78. The van der Waals surface area contributed by atoms with Crippen LogP contribution >= 0.6 is 0 Å². The summed E-state index contributed by atoms with van der Waals surface area (Å²) in [7, 11) is 0. The number of aliphatic carboxylic acids is 4. The molecule has 1 aliphatic rings. The van der Waals surface area contributed by atoms with Gasteiger partial charge < -0.3 is 89.8 Å². The molecule has 1 aliphatic heterocycles. The number of primary amides is 1. The number of H-pyrrole nitrogens is 1. The maximum Gasteiger partial charge on any atom is 0.305 e. The highest BCUT2D eigenvalue weighted by molar-refractivity contribution is 5.99. The van der Waals surface area contributed by atoms with Crippen LogP contribution in [0.2, 0.25) is 0 Å². The van der Waals surface area contributed by atoms with Crippen LogP contribution < -0.4 is 59.3 Å². The second-order valence-corrected chi connectivity index (χ2v) is 18.2. The average Bonchev–Trinajstić information content (AvgIpc) is 3.78. The summed E-state index contributed by atoms with van der Waals surface area (Å²) in [6.07, 6.45) is -6.61. The highest BCUT2D eigenvalue weighted by atomic mass is 16.4. The highest BCUT2D eigenvalue weighted by Crippen LogP contribution is 2.20.